The van der Waals surface area contributed by atoms with E-state index < -0.39 is 4.92 Å². The van der Waals surface area contributed by atoms with Crippen LogP contribution in [0.2, 0.25) is 0 Å². The van der Waals surface area contributed by atoms with Crippen molar-refractivity contribution in [3.05, 3.63) is 56.4 Å². The van der Waals surface area contributed by atoms with E-state index in [1.54, 1.807) is 18.2 Å². The molecule has 0 bridgehead atoms. The number of amides is 1. The standard InChI is InChI=1S/C14H8BrN3O4S/c15-10-5-7(18(20)21)1-3-9(10)12-4-2-8(22-12)6-11-13(19)17-14(23)16-11/h1-6H,(H2,16,17,19,23)/b11-6+. The van der Waals surface area contributed by atoms with E-state index in [2.05, 4.69) is 26.6 Å². The number of thiocarbonyl (C=S) groups is 1. The summed E-state index contributed by atoms with van der Waals surface area (Å²) in [6.07, 6.45) is 1.53. The molecule has 0 atom stereocenters. The lowest BCUT2D eigenvalue weighted by Gasteiger charge is -2.01. The fourth-order valence-corrected chi connectivity index (χ4v) is 2.78. The molecule has 3 rings (SSSR count). The highest BCUT2D eigenvalue weighted by Gasteiger charge is 2.21. The van der Waals surface area contributed by atoms with Gasteiger partial charge in [-0.15, -0.1) is 0 Å². The third-order valence-electron chi connectivity index (χ3n) is 3.06. The number of benzene rings is 1. The molecule has 1 aromatic carbocycles. The van der Waals surface area contributed by atoms with E-state index in [0.29, 0.717) is 27.3 Å². The highest BCUT2D eigenvalue weighted by Crippen LogP contribution is 2.32. The number of furan rings is 1. The van der Waals surface area contributed by atoms with E-state index in [1.165, 1.54) is 18.2 Å². The minimum absolute atomic E-state index is 0.0186. The summed E-state index contributed by atoms with van der Waals surface area (Å²) >= 11 is 8.14. The molecule has 0 aliphatic carbocycles. The van der Waals surface area contributed by atoms with Crippen molar-refractivity contribution in [1.82, 2.24) is 10.6 Å². The Balaban J connectivity index is 1.91. The van der Waals surface area contributed by atoms with Crippen LogP contribution in [-0.2, 0) is 4.79 Å². The fraction of sp³-hybridized carbons (Fsp3) is 0. The van der Waals surface area contributed by atoms with E-state index in [1.807, 2.05) is 0 Å². The van der Waals surface area contributed by atoms with Gasteiger partial charge in [0.15, 0.2) is 5.11 Å². The van der Waals surface area contributed by atoms with Crippen LogP contribution in [0.3, 0.4) is 0 Å². The molecular weight excluding hydrogens is 386 g/mol. The Morgan fingerprint density at radius 1 is 1.26 bits per heavy atom. The molecule has 0 radical (unpaired) electrons. The molecule has 1 saturated heterocycles. The summed E-state index contributed by atoms with van der Waals surface area (Å²) in [5, 5.41) is 16.2. The van der Waals surface area contributed by atoms with Crippen LogP contribution in [0.15, 0.2) is 44.9 Å². The normalized spacial score (nSPS) is 15.6. The summed E-state index contributed by atoms with van der Waals surface area (Å²) in [5.41, 5.74) is 0.938. The Bertz CT molecular complexity index is 875. The number of halogens is 1. The number of hydrogen-bond acceptors (Lipinski definition) is 5. The van der Waals surface area contributed by atoms with Crippen molar-refractivity contribution in [1.29, 1.82) is 0 Å². The summed E-state index contributed by atoms with van der Waals surface area (Å²) in [6, 6.07) is 7.79. The Kier molecular flexibility index (Phi) is 3.97. The largest absolute Gasteiger partial charge is 0.457 e. The van der Waals surface area contributed by atoms with Crippen molar-refractivity contribution in [2.45, 2.75) is 0 Å². The van der Waals surface area contributed by atoms with Gasteiger partial charge in [0, 0.05) is 28.2 Å². The highest BCUT2D eigenvalue weighted by atomic mass is 79.9. The minimum Gasteiger partial charge on any atom is -0.457 e. The lowest BCUT2D eigenvalue weighted by Crippen LogP contribution is -2.21. The average Bonchev–Trinajstić information content (AvgIpc) is 3.06. The van der Waals surface area contributed by atoms with Gasteiger partial charge >= 0.3 is 0 Å². The number of carbonyl (C=O) groups is 1. The van der Waals surface area contributed by atoms with Crippen LogP contribution in [-0.4, -0.2) is 15.9 Å². The lowest BCUT2D eigenvalue weighted by atomic mass is 10.1. The summed E-state index contributed by atoms with van der Waals surface area (Å²) in [7, 11) is 0. The molecule has 1 aliphatic rings. The number of nitro groups is 1. The first kappa shape index (κ1) is 15.4. The van der Waals surface area contributed by atoms with Gasteiger partial charge in [0.05, 0.1) is 4.92 Å². The Morgan fingerprint density at radius 2 is 2.04 bits per heavy atom. The first-order valence-electron chi connectivity index (χ1n) is 6.32. The summed E-state index contributed by atoms with van der Waals surface area (Å²) < 4.78 is 6.20. The van der Waals surface area contributed by atoms with Crippen LogP contribution < -0.4 is 10.6 Å². The molecule has 1 amide bonds. The second-order valence-electron chi connectivity index (χ2n) is 4.59. The van der Waals surface area contributed by atoms with E-state index in [9.17, 15) is 14.9 Å². The van der Waals surface area contributed by atoms with Gasteiger partial charge in [-0.2, -0.15) is 0 Å². The number of rotatable bonds is 3. The highest BCUT2D eigenvalue weighted by molar-refractivity contribution is 9.10. The molecule has 9 heteroatoms. The molecule has 116 valence electrons. The maximum atomic E-state index is 11.6. The monoisotopic (exact) mass is 393 g/mol. The van der Waals surface area contributed by atoms with E-state index in [0.717, 1.165) is 0 Å². The van der Waals surface area contributed by atoms with Crippen LogP contribution in [0.1, 0.15) is 5.76 Å². The lowest BCUT2D eigenvalue weighted by molar-refractivity contribution is -0.384. The van der Waals surface area contributed by atoms with Crippen LogP contribution >= 0.6 is 28.1 Å². The molecule has 1 fully saturated rings. The summed E-state index contributed by atoms with van der Waals surface area (Å²) in [4.78, 5) is 21.9. The van der Waals surface area contributed by atoms with Gasteiger partial charge in [-0.05, 0) is 46.3 Å². The number of nitrogens with one attached hydrogen (secondary N) is 2. The van der Waals surface area contributed by atoms with Crippen molar-refractivity contribution in [2.75, 3.05) is 0 Å². The molecule has 0 unspecified atom stereocenters. The average molecular weight is 394 g/mol. The molecule has 2 N–H and O–H groups in total. The number of non-ortho nitro benzene ring substituents is 1. The third kappa shape index (κ3) is 3.15. The van der Waals surface area contributed by atoms with Crippen molar-refractivity contribution in [3.8, 4) is 11.3 Å². The SMILES string of the molecule is O=C1NC(=S)N/C1=C/c1ccc(-c2ccc([N+](=O)[O-])cc2Br)o1. The van der Waals surface area contributed by atoms with Crippen LogP contribution in [0, 0.1) is 10.1 Å². The number of nitro benzene ring substituents is 1. The van der Waals surface area contributed by atoms with Crippen molar-refractivity contribution in [3.63, 3.8) is 0 Å². The minimum atomic E-state index is -0.472. The molecule has 23 heavy (non-hydrogen) atoms. The van der Waals surface area contributed by atoms with Gasteiger partial charge in [-0.1, -0.05) is 0 Å². The van der Waals surface area contributed by atoms with Gasteiger partial charge < -0.3 is 9.73 Å². The molecular formula is C14H8BrN3O4S. The molecule has 0 saturated carbocycles. The Hall–Kier alpha value is -2.52. The number of carbonyl (C=O) groups excluding carboxylic acids is 1. The predicted molar refractivity (Wildman–Crippen MR) is 90.4 cm³/mol. The first-order valence-corrected chi connectivity index (χ1v) is 7.52. The topological polar surface area (TPSA) is 97.4 Å². The van der Waals surface area contributed by atoms with E-state index in [4.69, 9.17) is 16.6 Å². The zero-order valence-corrected chi connectivity index (χ0v) is 13.7. The van der Waals surface area contributed by atoms with Crippen LogP contribution in [0.5, 0.6) is 0 Å². The second kappa shape index (κ2) is 5.94. The molecule has 2 heterocycles. The summed E-state index contributed by atoms with van der Waals surface area (Å²) in [6.45, 7) is 0. The second-order valence-corrected chi connectivity index (χ2v) is 5.85. The molecule has 1 aliphatic heterocycles. The fourth-order valence-electron chi connectivity index (χ4n) is 2.02. The van der Waals surface area contributed by atoms with Gasteiger partial charge in [-0.3, -0.25) is 20.2 Å². The first-order chi connectivity index (χ1) is 10.9. The molecule has 1 aromatic heterocycles. The molecule has 2 aromatic rings. The van der Waals surface area contributed by atoms with Gasteiger partial charge in [-0.25, -0.2) is 0 Å². The van der Waals surface area contributed by atoms with E-state index in [-0.39, 0.29) is 16.7 Å². The quantitative estimate of drug-likeness (QED) is 0.360. The Labute approximate surface area is 143 Å². The molecule has 0 spiro atoms. The summed E-state index contributed by atoms with van der Waals surface area (Å²) in [5.74, 6) is 0.636. The third-order valence-corrected chi connectivity index (χ3v) is 3.92. The van der Waals surface area contributed by atoms with Crippen LogP contribution in [0.25, 0.3) is 17.4 Å². The van der Waals surface area contributed by atoms with Crippen LogP contribution in [0.4, 0.5) is 5.69 Å². The maximum absolute atomic E-state index is 11.6. The zero-order chi connectivity index (χ0) is 16.6. The predicted octanol–water partition coefficient (Wildman–Crippen LogP) is 2.96. The van der Waals surface area contributed by atoms with Gasteiger partial charge in [0.25, 0.3) is 11.6 Å². The maximum Gasteiger partial charge on any atom is 0.274 e. The Morgan fingerprint density at radius 3 is 2.65 bits per heavy atom. The molecule has 7 nitrogen and oxygen atoms in total. The van der Waals surface area contributed by atoms with Gasteiger partial charge in [0.2, 0.25) is 0 Å². The van der Waals surface area contributed by atoms with Crippen molar-refractivity contribution >= 4 is 50.9 Å². The number of nitrogens with zero attached hydrogens (tertiary/aromatic N) is 1. The van der Waals surface area contributed by atoms with E-state index >= 15 is 0 Å². The van der Waals surface area contributed by atoms with Crippen molar-refractivity contribution in [2.24, 2.45) is 0 Å². The van der Waals surface area contributed by atoms with Gasteiger partial charge in [0.1, 0.15) is 17.2 Å². The van der Waals surface area contributed by atoms with Crippen molar-refractivity contribution < 1.29 is 14.1 Å². The number of hydrogen-bond donors (Lipinski definition) is 2. The smallest absolute Gasteiger partial charge is 0.274 e. The zero-order valence-electron chi connectivity index (χ0n) is 11.3.